The molecule has 0 aliphatic carbocycles. The van der Waals surface area contributed by atoms with E-state index in [9.17, 15) is 9.59 Å². The van der Waals surface area contributed by atoms with Crippen molar-refractivity contribution in [3.63, 3.8) is 0 Å². The fraction of sp³-hybridized carbons (Fsp3) is 0.258. The average Bonchev–Trinajstić information content (AvgIpc) is 3.59. The molecule has 2 amide bonds. The van der Waals surface area contributed by atoms with Gasteiger partial charge >= 0.3 is 0 Å². The number of anilines is 1. The number of hydrogen-bond acceptors (Lipinski definition) is 4. The van der Waals surface area contributed by atoms with E-state index in [0.717, 1.165) is 53.9 Å². The van der Waals surface area contributed by atoms with Crippen molar-refractivity contribution in [2.24, 2.45) is 0 Å². The van der Waals surface area contributed by atoms with Crippen molar-refractivity contribution in [3.8, 4) is 16.9 Å². The number of aryl methyl sites for hydroxylation is 1. The predicted octanol–water partition coefficient (Wildman–Crippen LogP) is 6.29. The van der Waals surface area contributed by atoms with Crippen LogP contribution in [0.1, 0.15) is 34.8 Å². The van der Waals surface area contributed by atoms with Gasteiger partial charge in [-0.1, -0.05) is 83.9 Å². The van der Waals surface area contributed by atoms with Crippen LogP contribution in [0.15, 0.2) is 78.9 Å². The number of hydrogen-bond donors (Lipinski definition) is 0. The summed E-state index contributed by atoms with van der Waals surface area (Å²) in [5.74, 6) is 0.698. The van der Waals surface area contributed by atoms with Gasteiger partial charge in [-0.2, -0.15) is 5.10 Å². The number of halogens is 1. The molecule has 4 aromatic rings. The van der Waals surface area contributed by atoms with Crippen LogP contribution in [0, 0.1) is 6.92 Å². The zero-order valence-corrected chi connectivity index (χ0v) is 23.3. The van der Waals surface area contributed by atoms with E-state index < -0.39 is 0 Å². The van der Waals surface area contributed by atoms with Gasteiger partial charge in [0.15, 0.2) is 0 Å². The minimum Gasteiger partial charge on any atom is -0.341 e. The second-order valence-corrected chi connectivity index (χ2v) is 11.5. The van der Waals surface area contributed by atoms with Crippen LogP contribution in [0.2, 0.25) is 5.02 Å². The summed E-state index contributed by atoms with van der Waals surface area (Å²) < 4.78 is 1.77. The first-order valence-electron chi connectivity index (χ1n) is 13.2. The minimum atomic E-state index is -0.165. The molecule has 3 heterocycles. The highest BCUT2D eigenvalue weighted by Crippen LogP contribution is 2.49. The van der Waals surface area contributed by atoms with Gasteiger partial charge in [0.25, 0.3) is 0 Å². The SMILES string of the molecule is Cc1cccc([C@@H]2SCC(=O)N(CC(=O)N3CCCC3)c3c2c(-c2ccccc2)nn3-c2ccccc2Cl)c1. The maximum absolute atomic E-state index is 13.8. The van der Waals surface area contributed by atoms with Gasteiger partial charge in [-0.15, -0.1) is 11.8 Å². The van der Waals surface area contributed by atoms with E-state index in [2.05, 4.69) is 25.1 Å². The molecule has 6 rings (SSSR count). The molecule has 0 radical (unpaired) electrons. The molecule has 0 N–H and O–H groups in total. The number of para-hydroxylation sites is 1. The summed E-state index contributed by atoms with van der Waals surface area (Å²) in [6.07, 6.45) is 1.98. The summed E-state index contributed by atoms with van der Waals surface area (Å²) in [4.78, 5) is 30.8. The third-order valence-corrected chi connectivity index (χ3v) is 8.89. The van der Waals surface area contributed by atoms with Crippen molar-refractivity contribution in [3.05, 3.63) is 101 Å². The molecule has 0 bridgehead atoms. The van der Waals surface area contributed by atoms with E-state index in [-0.39, 0.29) is 29.4 Å². The highest BCUT2D eigenvalue weighted by Gasteiger charge is 2.38. The van der Waals surface area contributed by atoms with Crippen LogP contribution >= 0.6 is 23.4 Å². The molecule has 0 spiro atoms. The molecule has 8 heteroatoms. The molecule has 1 fully saturated rings. The Balaban J connectivity index is 1.62. The normalized spacial score (nSPS) is 17.3. The second-order valence-electron chi connectivity index (χ2n) is 9.99. The standard InChI is InChI=1S/C31H29ClN4O2S/c1-21-10-9-13-23(18-21)30-28-29(22-11-3-2-4-12-22)33-36(25-15-6-5-14-24(25)32)31(28)35(27(38)20-39-30)19-26(37)34-16-7-8-17-34/h2-6,9-15,18,30H,7-8,16-17,19-20H2,1H3/t30-/m0/s1. The number of likely N-dealkylation sites (tertiary alicyclic amines) is 1. The first-order valence-corrected chi connectivity index (χ1v) is 14.6. The highest BCUT2D eigenvalue weighted by molar-refractivity contribution is 8.00. The topological polar surface area (TPSA) is 58.4 Å². The number of carbonyl (C=O) groups is 2. The molecule has 3 aromatic carbocycles. The van der Waals surface area contributed by atoms with Crippen molar-refractivity contribution in [2.75, 3.05) is 30.3 Å². The summed E-state index contributed by atoms with van der Waals surface area (Å²) in [7, 11) is 0. The number of thioether (sulfide) groups is 1. The summed E-state index contributed by atoms with van der Waals surface area (Å²) >= 11 is 8.30. The van der Waals surface area contributed by atoms with Crippen molar-refractivity contribution in [2.45, 2.75) is 25.0 Å². The van der Waals surface area contributed by atoms with Gasteiger partial charge in [0.1, 0.15) is 12.4 Å². The maximum Gasteiger partial charge on any atom is 0.242 e. The van der Waals surface area contributed by atoms with Crippen LogP contribution in [-0.4, -0.2) is 51.9 Å². The lowest BCUT2D eigenvalue weighted by atomic mass is 9.98. The molecule has 198 valence electrons. The molecule has 0 saturated carbocycles. The van der Waals surface area contributed by atoms with E-state index in [4.69, 9.17) is 16.7 Å². The van der Waals surface area contributed by atoms with Crippen LogP contribution in [0.3, 0.4) is 0 Å². The molecule has 1 saturated heterocycles. The lowest BCUT2D eigenvalue weighted by Gasteiger charge is -2.25. The fourth-order valence-electron chi connectivity index (χ4n) is 5.42. The molecule has 2 aliphatic heterocycles. The summed E-state index contributed by atoms with van der Waals surface area (Å²) in [5, 5.41) is 5.48. The monoisotopic (exact) mass is 556 g/mol. The van der Waals surface area contributed by atoms with Gasteiger partial charge in [-0.05, 0) is 37.5 Å². The molecule has 1 atom stereocenters. The van der Waals surface area contributed by atoms with Crippen molar-refractivity contribution < 1.29 is 9.59 Å². The third kappa shape index (κ3) is 4.97. The molecular weight excluding hydrogens is 528 g/mol. The highest BCUT2D eigenvalue weighted by atomic mass is 35.5. The number of rotatable bonds is 5. The summed E-state index contributed by atoms with van der Waals surface area (Å²) in [6, 6.07) is 25.9. The minimum absolute atomic E-state index is 0.0304. The van der Waals surface area contributed by atoms with Gasteiger partial charge < -0.3 is 4.90 Å². The van der Waals surface area contributed by atoms with E-state index in [0.29, 0.717) is 16.5 Å². The fourth-order valence-corrected chi connectivity index (χ4v) is 6.82. The van der Waals surface area contributed by atoms with Crippen LogP contribution in [0.4, 0.5) is 5.82 Å². The Morgan fingerprint density at radius 1 is 1.00 bits per heavy atom. The van der Waals surface area contributed by atoms with Gasteiger partial charge in [-0.3, -0.25) is 14.5 Å². The van der Waals surface area contributed by atoms with Gasteiger partial charge in [-0.25, -0.2) is 4.68 Å². The Bertz CT molecular complexity index is 1530. The zero-order chi connectivity index (χ0) is 26.9. The van der Waals surface area contributed by atoms with E-state index in [1.807, 2.05) is 65.6 Å². The van der Waals surface area contributed by atoms with E-state index >= 15 is 0 Å². The van der Waals surface area contributed by atoms with Gasteiger partial charge in [0.05, 0.1) is 27.4 Å². The van der Waals surface area contributed by atoms with Crippen LogP contribution in [0.5, 0.6) is 0 Å². The third-order valence-electron chi connectivity index (χ3n) is 7.31. The number of fused-ring (bicyclic) bond motifs is 1. The summed E-state index contributed by atoms with van der Waals surface area (Å²) in [5.41, 5.74) is 5.54. The van der Waals surface area contributed by atoms with Crippen molar-refractivity contribution >= 4 is 41.0 Å². The largest absolute Gasteiger partial charge is 0.341 e. The quantitative estimate of drug-likeness (QED) is 0.290. The zero-order valence-electron chi connectivity index (χ0n) is 21.7. The number of nitrogens with zero attached hydrogens (tertiary/aromatic N) is 4. The Morgan fingerprint density at radius 2 is 1.74 bits per heavy atom. The van der Waals surface area contributed by atoms with Crippen molar-refractivity contribution in [1.29, 1.82) is 0 Å². The van der Waals surface area contributed by atoms with Crippen LogP contribution in [-0.2, 0) is 9.59 Å². The van der Waals surface area contributed by atoms with Crippen LogP contribution in [0.25, 0.3) is 16.9 Å². The first-order chi connectivity index (χ1) is 19.0. The van der Waals surface area contributed by atoms with Crippen molar-refractivity contribution in [1.82, 2.24) is 14.7 Å². The Hall–Kier alpha value is -3.55. The Labute approximate surface area is 237 Å². The molecule has 0 unspecified atom stereocenters. The number of amides is 2. The number of aromatic nitrogens is 2. The predicted molar refractivity (Wildman–Crippen MR) is 158 cm³/mol. The lowest BCUT2D eigenvalue weighted by molar-refractivity contribution is -0.130. The maximum atomic E-state index is 13.8. The van der Waals surface area contributed by atoms with E-state index in [1.54, 1.807) is 21.3 Å². The Kier molecular flexibility index (Phi) is 7.19. The Morgan fingerprint density at radius 3 is 2.49 bits per heavy atom. The number of benzene rings is 3. The molecule has 39 heavy (non-hydrogen) atoms. The number of carbonyl (C=O) groups excluding carboxylic acids is 2. The van der Waals surface area contributed by atoms with Gasteiger partial charge in [0, 0.05) is 24.2 Å². The molecule has 1 aromatic heterocycles. The molecule has 6 nitrogen and oxygen atoms in total. The lowest BCUT2D eigenvalue weighted by Crippen LogP contribution is -2.43. The smallest absolute Gasteiger partial charge is 0.242 e. The first kappa shape index (κ1) is 25.7. The van der Waals surface area contributed by atoms with E-state index in [1.165, 1.54) is 0 Å². The second kappa shape index (κ2) is 10.9. The molecular formula is C31H29ClN4O2S. The van der Waals surface area contributed by atoms with Crippen LogP contribution < -0.4 is 4.90 Å². The summed E-state index contributed by atoms with van der Waals surface area (Å²) in [6.45, 7) is 3.50. The average molecular weight is 557 g/mol. The van der Waals surface area contributed by atoms with Gasteiger partial charge in [0.2, 0.25) is 11.8 Å². The molecule has 2 aliphatic rings.